The lowest BCUT2D eigenvalue weighted by Gasteiger charge is -2.41. The maximum absolute atomic E-state index is 9.53. The highest BCUT2D eigenvalue weighted by molar-refractivity contribution is 7.09. The summed E-state index contributed by atoms with van der Waals surface area (Å²) in [4.78, 5) is 6.25. The molecule has 1 unspecified atom stereocenters. The lowest BCUT2D eigenvalue weighted by Crippen LogP contribution is -2.52. The first-order valence-corrected chi connectivity index (χ1v) is 10.4. The number of ether oxygens (including phenoxy) is 2. The van der Waals surface area contributed by atoms with Gasteiger partial charge in [-0.15, -0.1) is 11.3 Å². The molecule has 1 fully saturated rings. The minimum absolute atomic E-state index is 0.202. The zero-order valence-electron chi connectivity index (χ0n) is 15.9. The summed E-state index contributed by atoms with van der Waals surface area (Å²) in [5.41, 5.74) is 1.02. The first-order chi connectivity index (χ1) is 13.1. The monoisotopic (exact) mass is 410 g/mol. The van der Waals surface area contributed by atoms with Crippen molar-refractivity contribution in [3.05, 3.63) is 45.1 Å². The number of hydrogen-bond acceptors (Lipinski definition) is 6. The number of benzene rings is 1. The Balaban J connectivity index is 1.71. The van der Waals surface area contributed by atoms with Gasteiger partial charge in [0.1, 0.15) is 0 Å². The molecule has 1 aliphatic rings. The van der Waals surface area contributed by atoms with Gasteiger partial charge in [0, 0.05) is 66.9 Å². The summed E-state index contributed by atoms with van der Waals surface area (Å²) >= 11 is 8.05. The Morgan fingerprint density at radius 2 is 2.07 bits per heavy atom. The second kappa shape index (κ2) is 9.75. The molecule has 1 N–H and O–H groups in total. The molecule has 0 radical (unpaired) electrons. The van der Waals surface area contributed by atoms with E-state index in [1.807, 2.05) is 6.07 Å². The van der Waals surface area contributed by atoms with Crippen molar-refractivity contribution in [2.75, 3.05) is 40.5 Å². The predicted octanol–water partition coefficient (Wildman–Crippen LogP) is 3.49. The highest BCUT2D eigenvalue weighted by atomic mass is 35.5. The Hall–Kier alpha value is -1.31. The highest BCUT2D eigenvalue weighted by Crippen LogP contribution is 2.35. The highest BCUT2D eigenvalue weighted by Gasteiger charge is 2.27. The van der Waals surface area contributed by atoms with Gasteiger partial charge < -0.3 is 14.6 Å². The van der Waals surface area contributed by atoms with Crippen LogP contribution in [0.2, 0.25) is 5.02 Å². The molecule has 7 heteroatoms. The Labute approximate surface area is 170 Å². The SMILES string of the molecule is COc1cc(Cl)cc(CN2CCN(Cc3cccs3)C(CCO)C2)c1OC. The van der Waals surface area contributed by atoms with Gasteiger partial charge in [-0.3, -0.25) is 9.80 Å². The normalized spacial score (nSPS) is 18.6. The fraction of sp³-hybridized carbons (Fsp3) is 0.500. The number of rotatable bonds is 8. The number of piperazine rings is 1. The van der Waals surface area contributed by atoms with Gasteiger partial charge in [0.05, 0.1) is 14.2 Å². The van der Waals surface area contributed by atoms with Crippen molar-refractivity contribution < 1.29 is 14.6 Å². The minimum atomic E-state index is 0.202. The van der Waals surface area contributed by atoms with Gasteiger partial charge in [-0.2, -0.15) is 0 Å². The molecular weight excluding hydrogens is 384 g/mol. The third-order valence-electron chi connectivity index (χ3n) is 5.00. The fourth-order valence-electron chi connectivity index (χ4n) is 3.70. The second-order valence-corrected chi connectivity index (χ2v) is 8.22. The van der Waals surface area contributed by atoms with Crippen LogP contribution < -0.4 is 9.47 Å². The molecule has 1 atom stereocenters. The van der Waals surface area contributed by atoms with Crippen LogP contribution in [0.25, 0.3) is 0 Å². The van der Waals surface area contributed by atoms with E-state index in [0.717, 1.165) is 50.5 Å². The maximum atomic E-state index is 9.53. The Bertz CT molecular complexity index is 726. The number of hydrogen-bond donors (Lipinski definition) is 1. The number of halogens is 1. The van der Waals surface area contributed by atoms with E-state index in [2.05, 4.69) is 27.3 Å². The molecule has 0 bridgehead atoms. The van der Waals surface area contributed by atoms with Gasteiger partial charge >= 0.3 is 0 Å². The molecule has 148 valence electrons. The zero-order valence-corrected chi connectivity index (χ0v) is 17.4. The van der Waals surface area contributed by atoms with Gasteiger partial charge in [-0.05, 0) is 23.9 Å². The third kappa shape index (κ3) is 5.15. The smallest absolute Gasteiger partial charge is 0.165 e. The Morgan fingerprint density at radius 1 is 1.22 bits per heavy atom. The summed E-state index contributed by atoms with van der Waals surface area (Å²) in [7, 11) is 3.28. The number of thiophene rings is 1. The topological polar surface area (TPSA) is 45.2 Å². The zero-order chi connectivity index (χ0) is 19.2. The molecule has 27 heavy (non-hydrogen) atoms. The van der Waals surface area contributed by atoms with Crippen LogP contribution in [-0.2, 0) is 13.1 Å². The lowest BCUT2D eigenvalue weighted by atomic mass is 10.1. The number of aliphatic hydroxyl groups is 1. The standard InChI is InChI=1S/C20H27ClN2O3S/c1-25-19-11-16(21)10-15(20(19)26-2)12-22-6-7-23(17(13-22)5-8-24)14-18-4-3-9-27-18/h3-4,9-11,17,24H,5-8,12-14H2,1-2H3. The predicted molar refractivity (Wildman–Crippen MR) is 110 cm³/mol. The molecule has 5 nitrogen and oxygen atoms in total. The van der Waals surface area contributed by atoms with E-state index in [1.54, 1.807) is 31.6 Å². The second-order valence-electron chi connectivity index (χ2n) is 6.75. The van der Waals surface area contributed by atoms with E-state index in [4.69, 9.17) is 21.1 Å². The van der Waals surface area contributed by atoms with Crippen molar-refractivity contribution in [1.29, 1.82) is 0 Å². The van der Waals surface area contributed by atoms with Crippen LogP contribution in [0.15, 0.2) is 29.6 Å². The molecule has 2 heterocycles. The van der Waals surface area contributed by atoms with Crippen LogP contribution in [0.4, 0.5) is 0 Å². The van der Waals surface area contributed by atoms with Crippen LogP contribution in [-0.4, -0.2) is 61.4 Å². The van der Waals surface area contributed by atoms with Crippen LogP contribution in [0, 0.1) is 0 Å². The van der Waals surface area contributed by atoms with E-state index < -0.39 is 0 Å². The quantitative estimate of drug-likeness (QED) is 0.721. The summed E-state index contributed by atoms with van der Waals surface area (Å²) in [6.07, 6.45) is 0.776. The van der Waals surface area contributed by atoms with E-state index in [0.29, 0.717) is 16.8 Å². The van der Waals surface area contributed by atoms with Gasteiger partial charge in [-0.25, -0.2) is 0 Å². The minimum Gasteiger partial charge on any atom is -0.493 e. The van der Waals surface area contributed by atoms with Gasteiger partial charge in [0.2, 0.25) is 0 Å². The molecule has 2 aromatic rings. The summed E-state index contributed by atoms with van der Waals surface area (Å²) in [6.45, 7) is 4.74. The van der Waals surface area contributed by atoms with E-state index in [1.165, 1.54) is 4.88 Å². The summed E-state index contributed by atoms with van der Waals surface area (Å²) in [6, 6.07) is 8.32. The average Bonchev–Trinajstić information content (AvgIpc) is 3.16. The Kier molecular flexibility index (Phi) is 7.38. The third-order valence-corrected chi connectivity index (χ3v) is 6.08. The number of methoxy groups -OCH3 is 2. The van der Waals surface area contributed by atoms with Crippen molar-refractivity contribution in [3.63, 3.8) is 0 Å². The average molecular weight is 411 g/mol. The van der Waals surface area contributed by atoms with Crippen LogP contribution in [0.5, 0.6) is 11.5 Å². The van der Waals surface area contributed by atoms with Crippen molar-refractivity contribution in [2.45, 2.75) is 25.6 Å². The Morgan fingerprint density at radius 3 is 2.74 bits per heavy atom. The van der Waals surface area contributed by atoms with Crippen molar-refractivity contribution in [2.24, 2.45) is 0 Å². The summed E-state index contributed by atoms with van der Waals surface area (Å²) in [5, 5.41) is 12.3. The lowest BCUT2D eigenvalue weighted by molar-refractivity contribution is 0.0502. The van der Waals surface area contributed by atoms with Crippen LogP contribution >= 0.6 is 22.9 Å². The molecule has 1 aromatic carbocycles. The van der Waals surface area contributed by atoms with E-state index in [-0.39, 0.29) is 6.61 Å². The first-order valence-electron chi connectivity index (χ1n) is 9.14. The van der Waals surface area contributed by atoms with Crippen molar-refractivity contribution >= 4 is 22.9 Å². The molecule has 1 aliphatic heterocycles. The maximum Gasteiger partial charge on any atom is 0.165 e. The number of nitrogens with zero attached hydrogens (tertiary/aromatic N) is 2. The summed E-state index contributed by atoms with van der Waals surface area (Å²) < 4.78 is 11.0. The molecule has 3 rings (SSSR count). The fourth-order valence-corrected chi connectivity index (χ4v) is 4.66. The first kappa shape index (κ1) is 20.4. The van der Waals surface area contributed by atoms with Gasteiger partial charge in [-0.1, -0.05) is 17.7 Å². The van der Waals surface area contributed by atoms with Crippen molar-refractivity contribution in [3.8, 4) is 11.5 Å². The molecular formula is C20H27ClN2O3S. The molecule has 0 saturated carbocycles. The largest absolute Gasteiger partial charge is 0.493 e. The van der Waals surface area contributed by atoms with Crippen molar-refractivity contribution in [1.82, 2.24) is 9.80 Å². The van der Waals surface area contributed by atoms with Crippen LogP contribution in [0.3, 0.4) is 0 Å². The van der Waals surface area contributed by atoms with Crippen LogP contribution in [0.1, 0.15) is 16.9 Å². The van der Waals surface area contributed by atoms with Gasteiger partial charge in [0.25, 0.3) is 0 Å². The molecule has 0 aliphatic carbocycles. The number of aliphatic hydroxyl groups excluding tert-OH is 1. The van der Waals surface area contributed by atoms with E-state index >= 15 is 0 Å². The molecule has 1 saturated heterocycles. The van der Waals surface area contributed by atoms with E-state index in [9.17, 15) is 5.11 Å². The van der Waals surface area contributed by atoms with Gasteiger partial charge in [0.15, 0.2) is 11.5 Å². The molecule has 0 spiro atoms. The summed E-state index contributed by atoms with van der Waals surface area (Å²) in [5.74, 6) is 1.39. The molecule has 1 aromatic heterocycles. The molecule has 0 amide bonds.